The normalized spacial score (nSPS) is 12.3. The van der Waals surface area contributed by atoms with Gasteiger partial charge in [0.1, 0.15) is 0 Å². The fraction of sp³-hybridized carbons (Fsp3) is 0.217. The number of anilines is 1. The first-order chi connectivity index (χ1) is 14.0. The van der Waals surface area contributed by atoms with Crippen LogP contribution in [0.15, 0.2) is 59.7 Å². The van der Waals surface area contributed by atoms with Crippen LogP contribution in [0.25, 0.3) is 23.3 Å². The van der Waals surface area contributed by atoms with Crippen LogP contribution in [0.3, 0.4) is 0 Å². The van der Waals surface area contributed by atoms with Gasteiger partial charge in [-0.05, 0) is 58.5 Å². The van der Waals surface area contributed by atoms with E-state index in [0.29, 0.717) is 16.9 Å². The van der Waals surface area contributed by atoms with E-state index in [1.807, 2.05) is 36.4 Å². The molecule has 0 fully saturated rings. The second kappa shape index (κ2) is 8.28. The van der Waals surface area contributed by atoms with Crippen LogP contribution in [0.4, 0.5) is 5.69 Å². The van der Waals surface area contributed by atoms with Crippen molar-refractivity contribution in [3.8, 4) is 11.1 Å². The quantitative estimate of drug-likeness (QED) is 0.641. The van der Waals surface area contributed by atoms with Crippen LogP contribution < -0.4 is 10.3 Å². The SMILES string of the molecule is CC(C)(C)c1cc(/C=C/c2ccc(NS(C)(=O)=O)cn2)cc(-c2ccc[nH]c2=O)c1. The first kappa shape index (κ1) is 21.5. The second-order valence-corrected chi connectivity index (χ2v) is 9.93. The Labute approximate surface area is 176 Å². The van der Waals surface area contributed by atoms with Gasteiger partial charge in [0.05, 0.1) is 23.8 Å². The van der Waals surface area contributed by atoms with Gasteiger partial charge < -0.3 is 4.98 Å². The van der Waals surface area contributed by atoms with Gasteiger partial charge in [-0.25, -0.2) is 8.42 Å². The molecule has 0 radical (unpaired) electrons. The molecule has 3 rings (SSSR count). The fourth-order valence-electron chi connectivity index (χ4n) is 2.95. The molecule has 2 aromatic heterocycles. The van der Waals surface area contributed by atoms with Crippen LogP contribution in [-0.2, 0) is 15.4 Å². The first-order valence-electron chi connectivity index (χ1n) is 9.47. The molecular weight excluding hydrogens is 398 g/mol. The third-order valence-electron chi connectivity index (χ3n) is 4.49. The van der Waals surface area contributed by atoms with Gasteiger partial charge in [0.2, 0.25) is 10.0 Å². The van der Waals surface area contributed by atoms with E-state index in [2.05, 4.69) is 41.5 Å². The number of benzene rings is 1. The van der Waals surface area contributed by atoms with Crippen LogP contribution in [0.2, 0.25) is 0 Å². The minimum absolute atomic E-state index is 0.0860. The van der Waals surface area contributed by atoms with E-state index in [4.69, 9.17) is 0 Å². The Morgan fingerprint density at radius 3 is 2.43 bits per heavy atom. The van der Waals surface area contributed by atoms with Crippen molar-refractivity contribution >= 4 is 27.9 Å². The molecule has 0 atom stereocenters. The van der Waals surface area contributed by atoms with Crippen LogP contribution in [0.5, 0.6) is 0 Å². The van der Waals surface area contributed by atoms with E-state index < -0.39 is 10.0 Å². The Hall–Kier alpha value is -3.19. The Kier molecular flexibility index (Phi) is 5.94. The lowest BCUT2D eigenvalue weighted by Gasteiger charge is -2.21. The Bertz CT molecular complexity index is 1240. The maximum absolute atomic E-state index is 12.3. The van der Waals surface area contributed by atoms with E-state index in [1.54, 1.807) is 18.3 Å². The largest absolute Gasteiger partial charge is 0.329 e. The molecule has 0 aliphatic heterocycles. The molecular formula is C23H25N3O3S. The minimum Gasteiger partial charge on any atom is -0.329 e. The second-order valence-electron chi connectivity index (χ2n) is 8.19. The van der Waals surface area contributed by atoms with E-state index >= 15 is 0 Å². The predicted octanol–water partition coefficient (Wildman–Crippen LogP) is 4.28. The van der Waals surface area contributed by atoms with Crippen molar-refractivity contribution in [2.75, 3.05) is 11.0 Å². The van der Waals surface area contributed by atoms with E-state index in [1.165, 1.54) is 6.20 Å². The van der Waals surface area contributed by atoms with Crippen LogP contribution in [0, 0.1) is 0 Å². The molecule has 0 aliphatic carbocycles. The molecule has 0 aliphatic rings. The number of rotatable bonds is 5. The number of hydrogen-bond donors (Lipinski definition) is 2. The van der Waals surface area contributed by atoms with E-state index in [9.17, 15) is 13.2 Å². The van der Waals surface area contributed by atoms with Gasteiger partial charge in [-0.15, -0.1) is 0 Å². The molecule has 2 heterocycles. The predicted molar refractivity (Wildman–Crippen MR) is 123 cm³/mol. The number of aromatic nitrogens is 2. The highest BCUT2D eigenvalue weighted by Gasteiger charge is 2.16. The monoisotopic (exact) mass is 423 g/mol. The van der Waals surface area contributed by atoms with Crippen LogP contribution >= 0.6 is 0 Å². The van der Waals surface area contributed by atoms with Gasteiger partial charge in [-0.1, -0.05) is 39.0 Å². The molecule has 0 unspecified atom stereocenters. The van der Waals surface area contributed by atoms with Crippen molar-refractivity contribution < 1.29 is 8.42 Å². The summed E-state index contributed by atoms with van der Waals surface area (Å²) in [6, 6.07) is 13.1. The lowest BCUT2D eigenvalue weighted by molar-refractivity contribution is 0.590. The third kappa shape index (κ3) is 5.67. The highest BCUT2D eigenvalue weighted by molar-refractivity contribution is 7.92. The Balaban J connectivity index is 1.96. The zero-order valence-electron chi connectivity index (χ0n) is 17.4. The maximum Gasteiger partial charge on any atom is 0.255 e. The van der Waals surface area contributed by atoms with Crippen molar-refractivity contribution in [3.05, 3.63) is 82.0 Å². The molecule has 0 amide bonds. The fourth-order valence-corrected chi connectivity index (χ4v) is 3.49. The summed E-state index contributed by atoms with van der Waals surface area (Å²) in [5, 5.41) is 0. The summed E-state index contributed by atoms with van der Waals surface area (Å²) in [5.41, 5.74) is 4.41. The topological polar surface area (TPSA) is 91.9 Å². The summed E-state index contributed by atoms with van der Waals surface area (Å²) < 4.78 is 25.0. The minimum atomic E-state index is -3.33. The summed E-state index contributed by atoms with van der Waals surface area (Å²) >= 11 is 0. The highest BCUT2D eigenvalue weighted by Crippen LogP contribution is 2.29. The van der Waals surface area contributed by atoms with Crippen molar-refractivity contribution in [2.45, 2.75) is 26.2 Å². The summed E-state index contributed by atoms with van der Waals surface area (Å²) in [6.07, 6.45) is 7.97. The molecule has 0 bridgehead atoms. The lowest BCUT2D eigenvalue weighted by Crippen LogP contribution is -2.13. The van der Waals surface area contributed by atoms with Gasteiger partial charge >= 0.3 is 0 Å². The average molecular weight is 424 g/mol. The molecule has 7 heteroatoms. The molecule has 0 spiro atoms. The molecule has 2 N–H and O–H groups in total. The van der Waals surface area contributed by atoms with Gasteiger partial charge in [-0.3, -0.25) is 14.5 Å². The number of hydrogen-bond acceptors (Lipinski definition) is 4. The van der Waals surface area contributed by atoms with Gasteiger partial charge in [0.15, 0.2) is 0 Å². The standard InChI is InChI=1S/C23H25N3O3S/c1-23(2,3)18-13-16(12-17(14-18)21-6-5-11-24-22(21)27)7-8-19-9-10-20(15-25-19)26-30(4,28)29/h5-15,26H,1-4H3,(H,24,27)/b8-7+. The average Bonchev–Trinajstić information content (AvgIpc) is 2.66. The molecule has 1 aromatic carbocycles. The summed E-state index contributed by atoms with van der Waals surface area (Å²) in [5.74, 6) is 0. The van der Waals surface area contributed by atoms with Gasteiger partial charge in [0, 0.05) is 11.8 Å². The molecule has 156 valence electrons. The number of pyridine rings is 2. The number of H-pyrrole nitrogens is 1. The molecule has 6 nitrogen and oxygen atoms in total. The lowest BCUT2D eigenvalue weighted by atomic mass is 9.84. The number of sulfonamides is 1. The Morgan fingerprint density at radius 1 is 1.07 bits per heavy atom. The van der Waals surface area contributed by atoms with E-state index in [0.717, 1.165) is 22.9 Å². The molecule has 3 aromatic rings. The molecule has 30 heavy (non-hydrogen) atoms. The number of nitrogens with one attached hydrogen (secondary N) is 2. The summed E-state index contributed by atoms with van der Waals surface area (Å²) in [4.78, 5) is 19.3. The Morgan fingerprint density at radius 2 is 1.83 bits per heavy atom. The van der Waals surface area contributed by atoms with Crippen LogP contribution in [-0.4, -0.2) is 24.6 Å². The zero-order valence-corrected chi connectivity index (χ0v) is 18.2. The summed E-state index contributed by atoms with van der Waals surface area (Å²) in [7, 11) is -3.33. The van der Waals surface area contributed by atoms with Crippen molar-refractivity contribution in [3.63, 3.8) is 0 Å². The molecule has 0 saturated heterocycles. The zero-order chi connectivity index (χ0) is 21.9. The summed E-state index contributed by atoms with van der Waals surface area (Å²) in [6.45, 7) is 6.39. The number of nitrogens with zero attached hydrogens (tertiary/aromatic N) is 1. The first-order valence-corrected chi connectivity index (χ1v) is 11.4. The molecule has 0 saturated carbocycles. The highest BCUT2D eigenvalue weighted by atomic mass is 32.2. The maximum atomic E-state index is 12.3. The van der Waals surface area contributed by atoms with Gasteiger partial charge in [-0.2, -0.15) is 0 Å². The van der Waals surface area contributed by atoms with Crippen molar-refractivity contribution in [1.82, 2.24) is 9.97 Å². The number of aromatic amines is 1. The van der Waals surface area contributed by atoms with Crippen LogP contribution in [0.1, 0.15) is 37.6 Å². The smallest absolute Gasteiger partial charge is 0.255 e. The van der Waals surface area contributed by atoms with E-state index in [-0.39, 0.29) is 11.0 Å². The third-order valence-corrected chi connectivity index (χ3v) is 5.09. The van der Waals surface area contributed by atoms with Gasteiger partial charge in [0.25, 0.3) is 5.56 Å². The van der Waals surface area contributed by atoms with Crippen molar-refractivity contribution in [2.24, 2.45) is 0 Å². The van der Waals surface area contributed by atoms with Crippen molar-refractivity contribution in [1.29, 1.82) is 0 Å².